The van der Waals surface area contributed by atoms with Crippen LogP contribution in [0.2, 0.25) is 0 Å². The van der Waals surface area contributed by atoms with Gasteiger partial charge in [0, 0.05) is 11.9 Å². The van der Waals surface area contributed by atoms with Gasteiger partial charge in [0.25, 0.3) is 0 Å². The van der Waals surface area contributed by atoms with Crippen LogP contribution in [0.1, 0.15) is 13.8 Å². The van der Waals surface area contributed by atoms with Crippen molar-refractivity contribution in [1.82, 2.24) is 5.06 Å². The normalized spacial score (nSPS) is 22.2. The molecule has 0 spiro atoms. The molecule has 1 N–H and O–H groups in total. The average molecular weight is 358 g/mol. The van der Waals surface area contributed by atoms with Crippen LogP contribution in [-0.2, 0) is 4.79 Å². The maximum absolute atomic E-state index is 11.2. The molecule has 1 fully saturated rings. The number of carbonyl (C=O) groups excluding carboxylic acids is 1. The van der Waals surface area contributed by atoms with Crippen molar-refractivity contribution in [3.05, 3.63) is 66.4 Å². The zero-order valence-electron chi connectivity index (χ0n) is 13.4. The zero-order chi connectivity index (χ0) is 17.3. The van der Waals surface area contributed by atoms with E-state index in [-0.39, 0.29) is 16.7 Å². The van der Waals surface area contributed by atoms with Crippen LogP contribution in [0.5, 0.6) is 0 Å². The summed E-state index contributed by atoms with van der Waals surface area (Å²) in [6.45, 7) is 4.10. The van der Waals surface area contributed by atoms with Crippen molar-refractivity contribution in [3.8, 4) is 0 Å². The summed E-state index contributed by atoms with van der Waals surface area (Å²) in [5.74, 6) is -0.0551. The summed E-state index contributed by atoms with van der Waals surface area (Å²) < 4.78 is 0.412. The maximum Gasteiger partial charge on any atom is 0.178 e. The summed E-state index contributed by atoms with van der Waals surface area (Å²) in [4.78, 5) is 13.2. The van der Waals surface area contributed by atoms with Gasteiger partial charge in [0.2, 0.25) is 0 Å². The quantitative estimate of drug-likeness (QED) is 0.653. The number of benzene rings is 1. The molecule has 4 nitrogen and oxygen atoms in total. The number of thioether (sulfide) groups is 1. The van der Waals surface area contributed by atoms with E-state index in [2.05, 4.69) is 13.8 Å². The van der Waals surface area contributed by atoms with E-state index in [9.17, 15) is 10.0 Å². The van der Waals surface area contributed by atoms with Crippen LogP contribution >= 0.6 is 24.0 Å². The first kappa shape index (κ1) is 17.0. The molecule has 0 radical (unpaired) electrons. The third-order valence-electron chi connectivity index (χ3n) is 3.86. The number of carbonyl (C=O) groups is 1. The van der Waals surface area contributed by atoms with Crippen LogP contribution in [0.15, 0.2) is 66.4 Å². The number of rotatable bonds is 3. The van der Waals surface area contributed by atoms with Gasteiger partial charge >= 0.3 is 0 Å². The smallest absolute Gasteiger partial charge is 0.178 e. The van der Waals surface area contributed by atoms with Gasteiger partial charge in [-0.1, -0.05) is 42.2 Å². The van der Waals surface area contributed by atoms with E-state index in [4.69, 9.17) is 12.2 Å². The standard InChI is InChI=1S/C18H18N2O2S2/c1-18(2)16(19(22)12-13-8-10-15(21)11-9-13)20(17(23)24-18)14-6-4-3-5-7-14/h3-12,16,22H,1-2H3/t16-/m0/s1. The van der Waals surface area contributed by atoms with E-state index in [1.165, 1.54) is 17.2 Å². The molecule has 6 heteroatoms. The van der Waals surface area contributed by atoms with Gasteiger partial charge in [-0.05, 0) is 55.9 Å². The van der Waals surface area contributed by atoms with Gasteiger partial charge in [-0.25, -0.2) is 5.06 Å². The first-order valence-electron chi connectivity index (χ1n) is 7.55. The molecule has 1 atom stereocenters. The van der Waals surface area contributed by atoms with Crippen molar-refractivity contribution >= 4 is 39.8 Å². The number of nitrogens with zero attached hydrogens (tertiary/aromatic N) is 2. The lowest BCUT2D eigenvalue weighted by Crippen LogP contribution is -2.50. The van der Waals surface area contributed by atoms with E-state index < -0.39 is 0 Å². The summed E-state index contributed by atoms with van der Waals surface area (Å²) in [5.41, 5.74) is 1.69. The molecule has 24 heavy (non-hydrogen) atoms. The fourth-order valence-electron chi connectivity index (χ4n) is 2.79. The number of allylic oxidation sites excluding steroid dienone is 5. The highest BCUT2D eigenvalue weighted by molar-refractivity contribution is 8.24. The Labute approximate surface area is 151 Å². The molecule has 124 valence electrons. The van der Waals surface area contributed by atoms with E-state index in [0.717, 1.165) is 15.6 Å². The molecule has 1 aromatic rings. The molecule has 1 aliphatic heterocycles. The second-order valence-corrected chi connectivity index (χ2v) is 8.42. The number of hydroxylamine groups is 2. The lowest BCUT2D eigenvalue weighted by molar-refractivity contribution is -0.110. The van der Waals surface area contributed by atoms with Crippen molar-refractivity contribution in [2.24, 2.45) is 0 Å². The largest absolute Gasteiger partial charge is 0.303 e. The Balaban J connectivity index is 1.94. The number of thiocarbonyl (C=S) groups is 1. The van der Waals surface area contributed by atoms with Crippen molar-refractivity contribution in [2.75, 3.05) is 4.90 Å². The minimum Gasteiger partial charge on any atom is -0.303 e. The lowest BCUT2D eigenvalue weighted by Gasteiger charge is -2.36. The van der Waals surface area contributed by atoms with Crippen LogP contribution in [-0.4, -0.2) is 31.3 Å². The topological polar surface area (TPSA) is 43.8 Å². The van der Waals surface area contributed by atoms with Crippen molar-refractivity contribution in [3.63, 3.8) is 0 Å². The Morgan fingerprint density at radius 2 is 1.83 bits per heavy atom. The van der Waals surface area contributed by atoms with Crippen LogP contribution in [0.3, 0.4) is 0 Å². The Kier molecular flexibility index (Phi) is 4.62. The first-order valence-corrected chi connectivity index (χ1v) is 8.77. The van der Waals surface area contributed by atoms with Gasteiger partial charge in [0.15, 0.2) is 5.78 Å². The Morgan fingerprint density at radius 1 is 1.21 bits per heavy atom. The number of hydrogen-bond acceptors (Lipinski definition) is 5. The molecule has 1 aliphatic carbocycles. The number of para-hydroxylation sites is 1. The van der Waals surface area contributed by atoms with Gasteiger partial charge in [-0.2, -0.15) is 0 Å². The van der Waals surface area contributed by atoms with Crippen LogP contribution in [0.4, 0.5) is 5.69 Å². The van der Waals surface area contributed by atoms with Crippen molar-refractivity contribution in [2.45, 2.75) is 24.8 Å². The minimum atomic E-state index is -0.357. The molecule has 0 saturated carbocycles. The number of anilines is 1. The average Bonchev–Trinajstić information content (AvgIpc) is 2.79. The molecule has 0 aromatic heterocycles. The SMILES string of the molecule is CC1(C)SC(=S)N(c2ccccc2)[C@@H]1N(O)C=C1C=CC(=O)C=C1. The highest BCUT2D eigenvalue weighted by atomic mass is 32.2. The summed E-state index contributed by atoms with van der Waals surface area (Å²) in [5, 5.41) is 11.9. The predicted molar refractivity (Wildman–Crippen MR) is 102 cm³/mol. The van der Waals surface area contributed by atoms with Crippen LogP contribution in [0, 0.1) is 0 Å². The van der Waals surface area contributed by atoms with E-state index in [1.54, 1.807) is 30.1 Å². The molecular weight excluding hydrogens is 340 g/mol. The summed E-state index contributed by atoms with van der Waals surface area (Å²) in [6.07, 6.45) is 7.60. The molecule has 0 amide bonds. The second kappa shape index (κ2) is 6.55. The highest BCUT2D eigenvalue weighted by Gasteiger charge is 2.48. The van der Waals surface area contributed by atoms with E-state index in [1.807, 2.05) is 35.2 Å². The van der Waals surface area contributed by atoms with Gasteiger partial charge in [0.1, 0.15) is 10.5 Å². The molecule has 2 aliphatic rings. The summed E-state index contributed by atoms with van der Waals surface area (Å²) >= 11 is 7.11. The zero-order valence-corrected chi connectivity index (χ0v) is 15.1. The molecule has 0 unspecified atom stereocenters. The summed E-state index contributed by atoms with van der Waals surface area (Å²) in [6, 6.07) is 9.79. The Bertz CT molecular complexity index is 736. The third kappa shape index (κ3) is 3.31. The van der Waals surface area contributed by atoms with Gasteiger partial charge in [0.05, 0.1) is 4.75 Å². The van der Waals surface area contributed by atoms with Gasteiger partial charge in [-0.15, -0.1) is 0 Å². The van der Waals surface area contributed by atoms with Crippen LogP contribution < -0.4 is 4.90 Å². The van der Waals surface area contributed by atoms with Crippen molar-refractivity contribution < 1.29 is 10.0 Å². The van der Waals surface area contributed by atoms with Gasteiger partial charge < -0.3 is 4.90 Å². The Hall–Kier alpha value is -1.89. The first-order chi connectivity index (χ1) is 11.4. The Morgan fingerprint density at radius 3 is 2.46 bits per heavy atom. The van der Waals surface area contributed by atoms with Gasteiger partial charge in [-0.3, -0.25) is 10.0 Å². The molecule has 1 aromatic carbocycles. The number of ketones is 1. The lowest BCUT2D eigenvalue weighted by atomic mass is 10.1. The minimum absolute atomic E-state index is 0.0551. The fourth-order valence-corrected chi connectivity index (χ4v) is 4.71. The highest BCUT2D eigenvalue weighted by Crippen LogP contribution is 2.44. The molecule has 0 bridgehead atoms. The molecule has 1 saturated heterocycles. The predicted octanol–water partition coefficient (Wildman–Crippen LogP) is 3.90. The third-order valence-corrected chi connectivity index (χ3v) is 5.41. The van der Waals surface area contributed by atoms with E-state index >= 15 is 0 Å². The van der Waals surface area contributed by atoms with Crippen molar-refractivity contribution in [1.29, 1.82) is 0 Å². The summed E-state index contributed by atoms with van der Waals surface area (Å²) in [7, 11) is 0. The fraction of sp³-hybridized carbons (Fsp3) is 0.222. The van der Waals surface area contributed by atoms with Crippen LogP contribution in [0.25, 0.3) is 0 Å². The second-order valence-electron chi connectivity index (χ2n) is 6.13. The maximum atomic E-state index is 11.2. The monoisotopic (exact) mass is 358 g/mol. The molecule has 1 heterocycles. The molecule has 3 rings (SSSR count). The molecular formula is C18H18N2O2S2. The van der Waals surface area contributed by atoms with E-state index in [0.29, 0.717) is 0 Å². The number of hydrogen-bond donors (Lipinski definition) is 1.